The monoisotopic (exact) mass is 303 g/mol. The van der Waals surface area contributed by atoms with Gasteiger partial charge in [0, 0.05) is 25.1 Å². The highest BCUT2D eigenvalue weighted by molar-refractivity contribution is 5.47. The fraction of sp³-hybridized carbons (Fsp3) is 0.0625. The molecular formula is C16H13N7. The Morgan fingerprint density at radius 1 is 1.00 bits per heavy atom. The molecule has 0 unspecified atom stereocenters. The fourth-order valence-corrected chi connectivity index (χ4v) is 2.29. The minimum Gasteiger partial charge on any atom is -0.333 e. The quantitative estimate of drug-likeness (QED) is 0.576. The van der Waals surface area contributed by atoms with Gasteiger partial charge in [-0.3, -0.25) is 4.98 Å². The zero-order valence-electron chi connectivity index (χ0n) is 12.2. The largest absolute Gasteiger partial charge is 0.333 e. The number of tetrazole rings is 1. The lowest BCUT2D eigenvalue weighted by Crippen LogP contribution is -2.02. The Hall–Kier alpha value is -3.35. The van der Waals surface area contributed by atoms with E-state index in [1.807, 2.05) is 47.2 Å². The van der Waals surface area contributed by atoms with Crippen LogP contribution in [0.25, 0.3) is 17.2 Å². The lowest BCUT2D eigenvalue weighted by atomic mass is 10.2. The lowest BCUT2D eigenvalue weighted by Gasteiger charge is -2.04. The van der Waals surface area contributed by atoms with Crippen LogP contribution in [0.5, 0.6) is 0 Å². The van der Waals surface area contributed by atoms with Gasteiger partial charge in [-0.2, -0.15) is 0 Å². The Morgan fingerprint density at radius 2 is 2.00 bits per heavy atom. The van der Waals surface area contributed by atoms with E-state index in [9.17, 15) is 0 Å². The van der Waals surface area contributed by atoms with E-state index >= 15 is 0 Å². The Bertz CT molecular complexity index is 897. The zero-order chi connectivity index (χ0) is 15.5. The van der Waals surface area contributed by atoms with E-state index in [0.717, 1.165) is 17.8 Å². The first-order valence-electron chi connectivity index (χ1n) is 7.15. The van der Waals surface area contributed by atoms with Gasteiger partial charge >= 0.3 is 0 Å². The predicted octanol–water partition coefficient (Wildman–Crippen LogP) is 1.97. The SMILES string of the molecule is c1ccc(-c2nnn(-c3cccc(Cn4ccnc4)c3)n2)nc1. The molecule has 0 bridgehead atoms. The molecule has 0 saturated carbocycles. The maximum atomic E-state index is 4.40. The van der Waals surface area contributed by atoms with Gasteiger partial charge in [0.2, 0.25) is 5.82 Å². The molecule has 0 N–H and O–H groups in total. The van der Waals surface area contributed by atoms with Crippen molar-refractivity contribution in [2.24, 2.45) is 0 Å². The van der Waals surface area contributed by atoms with E-state index < -0.39 is 0 Å². The number of hydrogen-bond donors (Lipinski definition) is 0. The number of imidazole rings is 1. The predicted molar refractivity (Wildman–Crippen MR) is 83.7 cm³/mol. The van der Waals surface area contributed by atoms with Gasteiger partial charge in [0.25, 0.3) is 0 Å². The van der Waals surface area contributed by atoms with E-state index in [1.54, 1.807) is 18.7 Å². The summed E-state index contributed by atoms with van der Waals surface area (Å²) in [5, 5.41) is 12.6. The van der Waals surface area contributed by atoms with Crippen molar-refractivity contribution < 1.29 is 0 Å². The molecular weight excluding hydrogens is 290 g/mol. The van der Waals surface area contributed by atoms with Crippen LogP contribution in [0.3, 0.4) is 0 Å². The summed E-state index contributed by atoms with van der Waals surface area (Å²) in [4.78, 5) is 9.80. The van der Waals surface area contributed by atoms with E-state index in [1.165, 1.54) is 4.80 Å². The molecule has 1 aromatic carbocycles. The van der Waals surface area contributed by atoms with Crippen LogP contribution in [0.15, 0.2) is 67.4 Å². The third-order valence-electron chi connectivity index (χ3n) is 3.37. The molecule has 3 heterocycles. The van der Waals surface area contributed by atoms with E-state index in [-0.39, 0.29) is 0 Å². The molecule has 0 amide bonds. The van der Waals surface area contributed by atoms with Gasteiger partial charge in [0.15, 0.2) is 0 Å². The van der Waals surface area contributed by atoms with Gasteiger partial charge < -0.3 is 4.57 Å². The summed E-state index contributed by atoms with van der Waals surface area (Å²) < 4.78 is 2.01. The third kappa shape index (κ3) is 2.84. The molecule has 112 valence electrons. The minimum atomic E-state index is 0.505. The Labute approximate surface area is 132 Å². The van der Waals surface area contributed by atoms with Crippen LogP contribution in [-0.4, -0.2) is 34.7 Å². The maximum absolute atomic E-state index is 4.40. The van der Waals surface area contributed by atoms with E-state index in [4.69, 9.17) is 0 Å². The van der Waals surface area contributed by atoms with Crippen molar-refractivity contribution in [1.29, 1.82) is 0 Å². The molecule has 0 radical (unpaired) electrons. The first-order chi connectivity index (χ1) is 11.4. The van der Waals surface area contributed by atoms with Crippen molar-refractivity contribution in [3.05, 3.63) is 72.9 Å². The van der Waals surface area contributed by atoms with Gasteiger partial charge in [-0.1, -0.05) is 18.2 Å². The average molecular weight is 303 g/mol. The number of nitrogens with zero attached hydrogens (tertiary/aromatic N) is 7. The number of aromatic nitrogens is 7. The van der Waals surface area contributed by atoms with Crippen LogP contribution in [0.1, 0.15) is 5.56 Å². The summed E-state index contributed by atoms with van der Waals surface area (Å²) in [5.74, 6) is 0.505. The van der Waals surface area contributed by atoms with Crippen molar-refractivity contribution in [2.45, 2.75) is 6.54 Å². The maximum Gasteiger partial charge on any atom is 0.223 e. The molecule has 3 aromatic heterocycles. The Morgan fingerprint density at radius 3 is 2.83 bits per heavy atom. The van der Waals surface area contributed by atoms with Crippen LogP contribution < -0.4 is 0 Å². The lowest BCUT2D eigenvalue weighted by molar-refractivity contribution is 0.716. The van der Waals surface area contributed by atoms with Crippen LogP contribution in [0, 0.1) is 0 Å². The number of hydrogen-bond acceptors (Lipinski definition) is 5. The molecule has 0 fully saturated rings. The summed E-state index contributed by atoms with van der Waals surface area (Å²) in [7, 11) is 0. The third-order valence-corrected chi connectivity index (χ3v) is 3.37. The number of pyridine rings is 1. The molecule has 0 saturated heterocycles. The molecule has 7 nitrogen and oxygen atoms in total. The average Bonchev–Trinajstić information content (AvgIpc) is 3.28. The first kappa shape index (κ1) is 13.3. The van der Waals surface area contributed by atoms with Crippen molar-refractivity contribution in [3.63, 3.8) is 0 Å². The first-order valence-corrected chi connectivity index (χ1v) is 7.15. The molecule has 0 atom stereocenters. The molecule has 4 rings (SSSR count). The second-order valence-electron chi connectivity index (χ2n) is 5.02. The topological polar surface area (TPSA) is 74.3 Å². The Balaban J connectivity index is 1.62. The molecule has 23 heavy (non-hydrogen) atoms. The second kappa shape index (κ2) is 5.80. The van der Waals surface area contributed by atoms with Crippen molar-refractivity contribution >= 4 is 0 Å². The summed E-state index contributed by atoms with van der Waals surface area (Å²) in [6.07, 6.45) is 7.20. The molecule has 0 aliphatic heterocycles. The van der Waals surface area contributed by atoms with Gasteiger partial charge in [-0.05, 0) is 35.0 Å². The van der Waals surface area contributed by atoms with Crippen molar-refractivity contribution in [3.8, 4) is 17.2 Å². The summed E-state index contributed by atoms with van der Waals surface area (Å²) in [5.41, 5.74) is 2.70. The molecule has 7 heteroatoms. The molecule has 0 spiro atoms. The van der Waals surface area contributed by atoms with Crippen LogP contribution in [-0.2, 0) is 6.54 Å². The normalized spacial score (nSPS) is 10.8. The van der Waals surface area contributed by atoms with E-state index in [0.29, 0.717) is 11.5 Å². The van der Waals surface area contributed by atoms with Gasteiger partial charge in [-0.25, -0.2) is 4.98 Å². The van der Waals surface area contributed by atoms with Crippen LogP contribution >= 0.6 is 0 Å². The van der Waals surface area contributed by atoms with Crippen LogP contribution in [0.4, 0.5) is 0 Å². The van der Waals surface area contributed by atoms with Gasteiger partial charge in [0.05, 0.1) is 12.0 Å². The second-order valence-corrected chi connectivity index (χ2v) is 5.02. The van der Waals surface area contributed by atoms with Gasteiger partial charge in [0.1, 0.15) is 5.69 Å². The van der Waals surface area contributed by atoms with E-state index in [2.05, 4.69) is 31.4 Å². The molecule has 0 aliphatic rings. The zero-order valence-corrected chi connectivity index (χ0v) is 12.2. The highest BCUT2D eigenvalue weighted by atomic mass is 15.6. The summed E-state index contributed by atoms with van der Waals surface area (Å²) in [6, 6.07) is 13.6. The van der Waals surface area contributed by atoms with Crippen molar-refractivity contribution in [2.75, 3.05) is 0 Å². The van der Waals surface area contributed by atoms with Crippen molar-refractivity contribution in [1.82, 2.24) is 34.7 Å². The molecule has 0 aliphatic carbocycles. The fourth-order valence-electron chi connectivity index (χ4n) is 2.29. The standard InChI is InChI=1S/C16H13N7/c1-2-7-18-15(6-1)16-19-21-23(20-16)14-5-3-4-13(10-14)11-22-9-8-17-12-22/h1-10,12H,11H2. The highest BCUT2D eigenvalue weighted by Gasteiger charge is 2.08. The molecule has 4 aromatic rings. The summed E-state index contributed by atoms with van der Waals surface area (Å²) in [6.45, 7) is 0.746. The highest BCUT2D eigenvalue weighted by Crippen LogP contribution is 2.13. The summed E-state index contributed by atoms with van der Waals surface area (Å²) >= 11 is 0. The van der Waals surface area contributed by atoms with Gasteiger partial charge in [-0.15, -0.1) is 15.0 Å². The smallest absolute Gasteiger partial charge is 0.223 e. The van der Waals surface area contributed by atoms with Crippen LogP contribution in [0.2, 0.25) is 0 Å². The number of benzene rings is 1. The number of rotatable bonds is 4. The minimum absolute atomic E-state index is 0.505. The Kier molecular flexibility index (Phi) is 3.36.